The molecule has 0 saturated heterocycles. The van der Waals surface area contributed by atoms with Crippen LogP contribution >= 0.6 is 11.3 Å². The first-order chi connectivity index (χ1) is 15.2. The molecule has 0 saturated carbocycles. The van der Waals surface area contributed by atoms with E-state index in [1.54, 1.807) is 6.07 Å². The van der Waals surface area contributed by atoms with Crippen LogP contribution in [0.1, 0.15) is 54.4 Å². The van der Waals surface area contributed by atoms with Crippen molar-refractivity contribution in [3.8, 4) is 0 Å². The molecule has 2 atom stereocenters. The van der Waals surface area contributed by atoms with Crippen molar-refractivity contribution in [3.63, 3.8) is 0 Å². The number of nitrogens with one attached hydrogen (secondary N) is 3. The lowest BCUT2D eigenvalue weighted by molar-refractivity contribution is -0.122. The molecule has 2 amide bonds. The van der Waals surface area contributed by atoms with Gasteiger partial charge in [0.1, 0.15) is 11.0 Å². The summed E-state index contributed by atoms with van der Waals surface area (Å²) >= 11 is 1.45. The average Bonchev–Trinajstić information content (AvgIpc) is 3.09. The second-order valence-corrected chi connectivity index (χ2v) is 10.6. The molecule has 1 aromatic carbocycles. The first-order valence-electron chi connectivity index (χ1n) is 10.9. The Hall–Kier alpha value is -2.87. The highest BCUT2D eigenvalue weighted by molar-refractivity contribution is 7.17. The van der Waals surface area contributed by atoms with Crippen LogP contribution in [0.3, 0.4) is 0 Å². The molecule has 3 N–H and O–H groups in total. The van der Waals surface area contributed by atoms with Gasteiger partial charge < -0.3 is 20.7 Å². The maximum Gasteiger partial charge on any atom is 0.341 e. The summed E-state index contributed by atoms with van der Waals surface area (Å²) in [5.74, 6) is -0.508. The van der Waals surface area contributed by atoms with Crippen LogP contribution in [0.25, 0.3) is 0 Å². The summed E-state index contributed by atoms with van der Waals surface area (Å²) in [6, 6.07) is 6.68. The normalized spacial score (nSPS) is 19.8. The number of fused-ring (bicyclic) bond motifs is 2. The van der Waals surface area contributed by atoms with Gasteiger partial charge in [-0.3, -0.25) is 9.59 Å². The standard InChI is InChI=1S/C24H29N3O4S/c1-24(2,3)13-9-10-14-18(11-13)32-22(20(14)23(30)31-4)27-19(28)12-17-21(29)26-16-8-6-5-7-15(16)25-17/h5-8,13,17,25H,9-12H2,1-4H3,(H,26,29)(H,27,28)/t13-,17-/m1/s1. The third kappa shape index (κ3) is 4.37. The Bertz CT molecular complexity index is 1070. The Morgan fingerprint density at radius 1 is 1.22 bits per heavy atom. The van der Waals surface area contributed by atoms with Gasteiger partial charge in [-0.15, -0.1) is 11.3 Å². The molecule has 0 bridgehead atoms. The number of benzene rings is 1. The lowest BCUT2D eigenvalue weighted by Gasteiger charge is -2.33. The molecule has 2 aromatic rings. The van der Waals surface area contributed by atoms with Crippen LogP contribution in [0.15, 0.2) is 24.3 Å². The van der Waals surface area contributed by atoms with Crippen LogP contribution in [0, 0.1) is 11.3 Å². The largest absolute Gasteiger partial charge is 0.465 e. The van der Waals surface area contributed by atoms with E-state index in [2.05, 4.69) is 36.7 Å². The van der Waals surface area contributed by atoms with E-state index in [1.165, 1.54) is 18.4 Å². The molecule has 4 rings (SSSR count). The smallest absolute Gasteiger partial charge is 0.341 e. The van der Waals surface area contributed by atoms with Gasteiger partial charge in [0.05, 0.1) is 30.5 Å². The van der Waals surface area contributed by atoms with E-state index >= 15 is 0 Å². The van der Waals surface area contributed by atoms with Gasteiger partial charge in [-0.1, -0.05) is 32.9 Å². The minimum Gasteiger partial charge on any atom is -0.465 e. The Kier molecular flexibility index (Phi) is 5.99. The number of anilines is 3. The Morgan fingerprint density at radius 3 is 2.62 bits per heavy atom. The van der Waals surface area contributed by atoms with Gasteiger partial charge in [0.2, 0.25) is 11.8 Å². The number of thiophene rings is 1. The van der Waals surface area contributed by atoms with E-state index in [0.717, 1.165) is 35.4 Å². The number of rotatable bonds is 4. The van der Waals surface area contributed by atoms with Crippen LogP contribution in [0.5, 0.6) is 0 Å². The molecule has 0 spiro atoms. The van der Waals surface area contributed by atoms with Crippen LogP contribution in [0.4, 0.5) is 16.4 Å². The minimum atomic E-state index is -0.689. The molecular formula is C24H29N3O4S. The second-order valence-electron chi connectivity index (χ2n) is 9.49. The number of para-hydroxylation sites is 2. The van der Waals surface area contributed by atoms with Crippen molar-refractivity contribution >= 4 is 45.5 Å². The van der Waals surface area contributed by atoms with E-state index in [0.29, 0.717) is 22.2 Å². The average molecular weight is 456 g/mol. The van der Waals surface area contributed by atoms with Crippen molar-refractivity contribution in [2.45, 2.75) is 52.5 Å². The minimum absolute atomic E-state index is 0.0477. The molecule has 0 radical (unpaired) electrons. The zero-order valence-corrected chi connectivity index (χ0v) is 19.7. The van der Waals surface area contributed by atoms with Crippen LogP contribution < -0.4 is 16.0 Å². The van der Waals surface area contributed by atoms with E-state index in [-0.39, 0.29) is 23.7 Å². The SMILES string of the molecule is COC(=O)c1c(NC(=O)C[C@H]2Nc3ccccc3NC2=O)sc2c1CC[C@@H](C(C)(C)C)C2. The number of hydrogen-bond acceptors (Lipinski definition) is 6. The molecule has 170 valence electrons. The summed E-state index contributed by atoms with van der Waals surface area (Å²) in [7, 11) is 1.35. The van der Waals surface area contributed by atoms with E-state index in [1.807, 2.05) is 18.2 Å². The van der Waals surface area contributed by atoms with E-state index < -0.39 is 12.0 Å². The summed E-state index contributed by atoms with van der Waals surface area (Å²) in [6.45, 7) is 6.71. The number of esters is 1. The van der Waals surface area contributed by atoms with E-state index in [4.69, 9.17) is 4.74 Å². The maximum absolute atomic E-state index is 12.9. The summed E-state index contributed by atoms with van der Waals surface area (Å²) in [6.07, 6.45) is 2.62. The van der Waals surface area contributed by atoms with Crippen LogP contribution in [-0.2, 0) is 27.2 Å². The van der Waals surface area contributed by atoms with Crippen LogP contribution in [-0.4, -0.2) is 30.9 Å². The molecule has 1 aliphatic heterocycles. The topological polar surface area (TPSA) is 96.5 Å². The van der Waals surface area contributed by atoms with E-state index in [9.17, 15) is 14.4 Å². The van der Waals surface area contributed by atoms with Crippen molar-refractivity contribution in [2.75, 3.05) is 23.1 Å². The van der Waals surface area contributed by atoms with Gasteiger partial charge in [-0.2, -0.15) is 0 Å². The first-order valence-corrected chi connectivity index (χ1v) is 11.7. The molecule has 0 unspecified atom stereocenters. The van der Waals surface area contributed by atoms with Gasteiger partial charge in [0, 0.05) is 4.88 Å². The number of amides is 2. The highest BCUT2D eigenvalue weighted by Crippen LogP contribution is 2.44. The summed E-state index contributed by atoms with van der Waals surface area (Å²) < 4.78 is 5.02. The van der Waals surface area contributed by atoms with Crippen molar-refractivity contribution in [3.05, 3.63) is 40.3 Å². The van der Waals surface area contributed by atoms with Crippen molar-refractivity contribution in [1.29, 1.82) is 0 Å². The van der Waals surface area contributed by atoms with Crippen molar-refractivity contribution in [1.82, 2.24) is 0 Å². The number of carbonyl (C=O) groups excluding carboxylic acids is 3. The zero-order chi connectivity index (χ0) is 23.0. The third-order valence-electron chi connectivity index (χ3n) is 6.35. The lowest BCUT2D eigenvalue weighted by atomic mass is 9.72. The fourth-order valence-corrected chi connectivity index (χ4v) is 5.76. The fourth-order valence-electron chi connectivity index (χ4n) is 4.43. The summed E-state index contributed by atoms with van der Waals surface area (Å²) in [5, 5.41) is 9.35. The number of hydrogen-bond donors (Lipinski definition) is 3. The van der Waals surface area contributed by atoms with Gasteiger partial charge in [0.15, 0.2) is 0 Å². The lowest BCUT2D eigenvalue weighted by Crippen LogP contribution is -2.41. The Labute approximate surface area is 191 Å². The van der Waals surface area contributed by atoms with Crippen molar-refractivity contribution < 1.29 is 19.1 Å². The fraction of sp³-hybridized carbons (Fsp3) is 0.458. The molecular weight excluding hydrogens is 426 g/mol. The molecule has 2 aliphatic rings. The van der Waals surface area contributed by atoms with Gasteiger partial charge in [-0.05, 0) is 48.3 Å². The second kappa shape index (κ2) is 8.58. The number of carbonyl (C=O) groups is 3. The highest BCUT2D eigenvalue weighted by Gasteiger charge is 2.35. The Morgan fingerprint density at radius 2 is 1.94 bits per heavy atom. The molecule has 1 aliphatic carbocycles. The molecule has 7 nitrogen and oxygen atoms in total. The van der Waals surface area contributed by atoms with Gasteiger partial charge in [0.25, 0.3) is 0 Å². The van der Waals surface area contributed by atoms with Gasteiger partial charge in [-0.25, -0.2) is 4.79 Å². The highest BCUT2D eigenvalue weighted by atomic mass is 32.1. The summed E-state index contributed by atoms with van der Waals surface area (Å²) in [5.41, 5.74) is 3.09. The molecule has 32 heavy (non-hydrogen) atoms. The molecule has 0 fully saturated rings. The van der Waals surface area contributed by atoms with Gasteiger partial charge >= 0.3 is 5.97 Å². The number of ether oxygens (including phenoxy) is 1. The number of methoxy groups -OCH3 is 1. The van der Waals surface area contributed by atoms with Crippen molar-refractivity contribution in [2.24, 2.45) is 11.3 Å². The predicted molar refractivity (Wildman–Crippen MR) is 126 cm³/mol. The maximum atomic E-state index is 12.9. The molecule has 1 aromatic heterocycles. The Balaban J connectivity index is 1.53. The first kappa shape index (κ1) is 22.3. The van der Waals surface area contributed by atoms with Crippen LogP contribution in [0.2, 0.25) is 0 Å². The summed E-state index contributed by atoms with van der Waals surface area (Å²) in [4.78, 5) is 39.0. The zero-order valence-electron chi connectivity index (χ0n) is 18.8. The molecule has 8 heteroatoms. The quantitative estimate of drug-likeness (QED) is 0.592. The monoisotopic (exact) mass is 455 g/mol. The third-order valence-corrected chi connectivity index (χ3v) is 7.52. The molecule has 2 heterocycles. The predicted octanol–water partition coefficient (Wildman–Crippen LogP) is 4.45.